The molecule has 5 nitrogen and oxygen atoms in total. The minimum Gasteiger partial charge on any atom is -0.321 e. The molecule has 2 aromatic rings. The van der Waals surface area contributed by atoms with E-state index >= 15 is 0 Å². The van der Waals surface area contributed by atoms with Gasteiger partial charge in [-0.05, 0) is 56.2 Å². The topological polar surface area (TPSA) is 66.5 Å². The Labute approximate surface area is 168 Å². The number of rotatable bonds is 3. The van der Waals surface area contributed by atoms with Gasteiger partial charge in [0.05, 0.1) is 28.2 Å². The number of carbonyl (C=O) groups is 3. The van der Waals surface area contributed by atoms with E-state index in [0.29, 0.717) is 34.8 Å². The number of allylic oxidation sites excluding steroid dienone is 2. The number of fused-ring (bicyclic) bond motifs is 1. The maximum absolute atomic E-state index is 12.8. The molecule has 1 heterocycles. The Balaban J connectivity index is 1.52. The molecular formula is C22H19ClN2O3. The summed E-state index contributed by atoms with van der Waals surface area (Å²) in [6, 6.07) is 13.5. The molecule has 0 saturated carbocycles. The van der Waals surface area contributed by atoms with Crippen molar-refractivity contribution in [2.75, 3.05) is 10.2 Å². The highest BCUT2D eigenvalue weighted by Gasteiger charge is 2.48. The first-order valence-corrected chi connectivity index (χ1v) is 9.53. The Morgan fingerprint density at radius 1 is 1.04 bits per heavy atom. The first-order chi connectivity index (χ1) is 13.5. The van der Waals surface area contributed by atoms with Gasteiger partial charge in [0.1, 0.15) is 0 Å². The number of carbonyl (C=O) groups excluding carboxylic acids is 3. The summed E-state index contributed by atoms with van der Waals surface area (Å²) in [7, 11) is 0. The van der Waals surface area contributed by atoms with Crippen molar-refractivity contribution >= 4 is 40.7 Å². The lowest BCUT2D eigenvalue weighted by Crippen LogP contribution is -2.30. The van der Waals surface area contributed by atoms with Crippen LogP contribution < -0.4 is 10.2 Å². The molecule has 0 unspecified atom stereocenters. The lowest BCUT2D eigenvalue weighted by Gasteiger charge is -2.18. The van der Waals surface area contributed by atoms with E-state index in [2.05, 4.69) is 5.32 Å². The number of benzene rings is 2. The normalized spacial score (nSPS) is 21.4. The van der Waals surface area contributed by atoms with Crippen molar-refractivity contribution in [2.24, 2.45) is 11.8 Å². The zero-order chi connectivity index (χ0) is 19.8. The summed E-state index contributed by atoms with van der Waals surface area (Å²) in [6.07, 6.45) is 3.28. The molecule has 2 aromatic carbocycles. The van der Waals surface area contributed by atoms with Crippen LogP contribution >= 0.6 is 11.6 Å². The summed E-state index contributed by atoms with van der Waals surface area (Å²) in [5.74, 6) is -1.19. The number of anilines is 2. The van der Waals surface area contributed by atoms with Gasteiger partial charge < -0.3 is 5.32 Å². The van der Waals surface area contributed by atoms with Gasteiger partial charge >= 0.3 is 0 Å². The van der Waals surface area contributed by atoms with Gasteiger partial charge in [0, 0.05) is 5.56 Å². The van der Waals surface area contributed by atoms with Crippen molar-refractivity contribution in [1.29, 1.82) is 0 Å². The third kappa shape index (κ3) is 3.22. The van der Waals surface area contributed by atoms with E-state index in [0.717, 1.165) is 5.57 Å². The predicted molar refractivity (Wildman–Crippen MR) is 108 cm³/mol. The third-order valence-corrected chi connectivity index (χ3v) is 5.66. The summed E-state index contributed by atoms with van der Waals surface area (Å²) in [4.78, 5) is 39.2. The van der Waals surface area contributed by atoms with Crippen molar-refractivity contribution in [3.05, 3.63) is 70.8 Å². The molecule has 142 valence electrons. The first-order valence-electron chi connectivity index (χ1n) is 9.15. The van der Waals surface area contributed by atoms with Crippen LogP contribution in [0.5, 0.6) is 0 Å². The van der Waals surface area contributed by atoms with Crippen LogP contribution in [0.4, 0.5) is 11.4 Å². The molecular weight excluding hydrogens is 376 g/mol. The van der Waals surface area contributed by atoms with E-state index in [9.17, 15) is 14.4 Å². The van der Waals surface area contributed by atoms with Gasteiger partial charge in [-0.15, -0.1) is 0 Å². The second-order valence-electron chi connectivity index (χ2n) is 7.20. The van der Waals surface area contributed by atoms with Crippen LogP contribution in [0.3, 0.4) is 0 Å². The third-order valence-electron chi connectivity index (χ3n) is 5.33. The van der Waals surface area contributed by atoms with Crippen molar-refractivity contribution < 1.29 is 14.4 Å². The van der Waals surface area contributed by atoms with Crippen molar-refractivity contribution in [1.82, 2.24) is 0 Å². The van der Waals surface area contributed by atoms with Crippen molar-refractivity contribution in [3.63, 3.8) is 0 Å². The van der Waals surface area contributed by atoms with Crippen molar-refractivity contribution in [2.45, 2.75) is 19.8 Å². The summed E-state index contributed by atoms with van der Waals surface area (Å²) in [6.45, 7) is 1.99. The first kappa shape index (κ1) is 18.4. The molecule has 3 amide bonds. The number of nitrogens with one attached hydrogen (secondary N) is 1. The van der Waals surface area contributed by atoms with E-state index in [1.807, 2.05) is 13.0 Å². The summed E-state index contributed by atoms with van der Waals surface area (Å²) < 4.78 is 0. The maximum Gasteiger partial charge on any atom is 0.255 e. The minimum absolute atomic E-state index is 0.157. The van der Waals surface area contributed by atoms with E-state index in [4.69, 9.17) is 11.6 Å². The lowest BCUT2D eigenvalue weighted by molar-refractivity contribution is -0.122. The quantitative estimate of drug-likeness (QED) is 0.618. The second-order valence-corrected chi connectivity index (χ2v) is 7.60. The van der Waals surface area contributed by atoms with Crippen LogP contribution in [0.2, 0.25) is 5.02 Å². The molecule has 0 bridgehead atoms. The van der Waals surface area contributed by atoms with Gasteiger partial charge in [0.2, 0.25) is 11.8 Å². The molecule has 28 heavy (non-hydrogen) atoms. The Morgan fingerprint density at radius 2 is 1.71 bits per heavy atom. The minimum atomic E-state index is -0.313. The molecule has 1 fully saturated rings. The fourth-order valence-corrected chi connectivity index (χ4v) is 3.99. The smallest absolute Gasteiger partial charge is 0.255 e. The van der Waals surface area contributed by atoms with E-state index in [1.54, 1.807) is 48.5 Å². The second kappa shape index (κ2) is 7.24. The molecule has 6 heteroatoms. The van der Waals surface area contributed by atoms with Crippen LogP contribution in [0.1, 0.15) is 30.1 Å². The molecule has 4 rings (SSSR count). The fourth-order valence-electron chi connectivity index (χ4n) is 3.81. The van der Waals surface area contributed by atoms with Crippen LogP contribution in [-0.2, 0) is 9.59 Å². The number of halogens is 1. The maximum atomic E-state index is 12.8. The number of amides is 3. The van der Waals surface area contributed by atoms with Crippen LogP contribution in [0.15, 0.2) is 60.2 Å². The molecule has 2 aliphatic rings. The Kier molecular flexibility index (Phi) is 4.77. The van der Waals surface area contributed by atoms with E-state index < -0.39 is 0 Å². The largest absolute Gasteiger partial charge is 0.321 e. The molecule has 0 spiro atoms. The van der Waals surface area contributed by atoms with E-state index in [1.165, 1.54) is 4.90 Å². The monoisotopic (exact) mass is 394 g/mol. The van der Waals surface area contributed by atoms with Gasteiger partial charge in [-0.1, -0.05) is 35.4 Å². The lowest BCUT2D eigenvalue weighted by atomic mass is 9.82. The van der Waals surface area contributed by atoms with Crippen LogP contribution in [0.25, 0.3) is 0 Å². The van der Waals surface area contributed by atoms with Gasteiger partial charge in [-0.2, -0.15) is 0 Å². The van der Waals surface area contributed by atoms with Crippen LogP contribution in [-0.4, -0.2) is 17.7 Å². The Hall–Kier alpha value is -2.92. The number of hydrogen-bond acceptors (Lipinski definition) is 3. The highest BCUT2D eigenvalue weighted by molar-refractivity contribution is 6.33. The zero-order valence-electron chi connectivity index (χ0n) is 15.3. The molecule has 1 N–H and O–H groups in total. The SMILES string of the molecule is CC1=CC[C@@H]2C(=O)N(c3ccc(C(=O)Nc4ccccc4Cl)cc3)C(=O)[C@@H]2C1. The summed E-state index contributed by atoms with van der Waals surface area (Å²) >= 11 is 6.07. The fraction of sp³-hybridized carbons (Fsp3) is 0.227. The van der Waals surface area contributed by atoms with Gasteiger partial charge in [-0.25, -0.2) is 0 Å². The van der Waals surface area contributed by atoms with Crippen molar-refractivity contribution in [3.8, 4) is 0 Å². The molecule has 1 saturated heterocycles. The zero-order valence-corrected chi connectivity index (χ0v) is 16.1. The number of hydrogen-bond donors (Lipinski definition) is 1. The average molecular weight is 395 g/mol. The molecule has 0 radical (unpaired) electrons. The number of nitrogens with zero attached hydrogens (tertiary/aromatic N) is 1. The predicted octanol–water partition coefficient (Wildman–Crippen LogP) is 4.44. The Morgan fingerprint density at radius 3 is 2.43 bits per heavy atom. The van der Waals surface area contributed by atoms with E-state index in [-0.39, 0.29) is 29.6 Å². The summed E-state index contributed by atoms with van der Waals surface area (Å²) in [5.41, 5.74) is 2.58. The van der Waals surface area contributed by atoms with Gasteiger partial charge in [0.25, 0.3) is 5.91 Å². The molecule has 1 aliphatic carbocycles. The Bertz CT molecular complexity index is 997. The summed E-state index contributed by atoms with van der Waals surface area (Å²) in [5, 5.41) is 3.20. The number of para-hydroxylation sites is 1. The highest BCUT2D eigenvalue weighted by atomic mass is 35.5. The van der Waals surface area contributed by atoms with Gasteiger partial charge in [-0.3, -0.25) is 19.3 Å². The average Bonchev–Trinajstić information content (AvgIpc) is 2.93. The molecule has 0 aromatic heterocycles. The molecule has 1 aliphatic heterocycles. The van der Waals surface area contributed by atoms with Crippen LogP contribution in [0, 0.1) is 11.8 Å². The number of imide groups is 1. The molecule has 2 atom stereocenters. The standard InChI is InChI=1S/C22H19ClN2O3/c1-13-6-11-16-17(12-13)22(28)25(21(16)27)15-9-7-14(8-10-15)20(26)24-19-5-3-2-4-18(19)23/h2-10,16-17H,11-12H2,1H3,(H,24,26)/t16-,17+/m0/s1. The highest BCUT2D eigenvalue weighted by Crippen LogP contribution is 2.39. The van der Waals surface area contributed by atoms with Gasteiger partial charge in [0.15, 0.2) is 0 Å².